The molecule has 1 N–H and O–H groups in total. The second-order valence-electron chi connectivity index (χ2n) is 5.24. The van der Waals surface area contributed by atoms with Crippen molar-refractivity contribution in [1.29, 1.82) is 0 Å². The highest BCUT2D eigenvalue weighted by Crippen LogP contribution is 2.21. The molecule has 0 unspecified atom stereocenters. The number of nitrogens with one attached hydrogen (secondary N) is 1. The molecule has 1 amide bonds. The zero-order chi connectivity index (χ0) is 18.4. The van der Waals surface area contributed by atoms with Crippen molar-refractivity contribution in [3.05, 3.63) is 60.4 Å². The standard InChI is InChI=1S/C19H16N4O2S/c1-3-14-5-4-6-15(11-14)21-18(24)12-26-19-22-20-13-23(19)16-7-9-17(25-2)10-8-16/h1,4-11,13H,12H2,2H3,(H,21,24). The number of ether oxygens (including phenoxy) is 1. The molecule has 26 heavy (non-hydrogen) atoms. The van der Waals surface area contributed by atoms with Crippen LogP contribution < -0.4 is 10.1 Å². The maximum atomic E-state index is 12.2. The lowest BCUT2D eigenvalue weighted by Gasteiger charge is -2.08. The molecule has 0 aliphatic carbocycles. The molecule has 1 heterocycles. The molecule has 0 aliphatic rings. The maximum Gasteiger partial charge on any atom is 0.234 e. The maximum absolute atomic E-state index is 12.2. The highest BCUT2D eigenvalue weighted by Gasteiger charge is 2.10. The topological polar surface area (TPSA) is 69.0 Å². The number of anilines is 1. The zero-order valence-electron chi connectivity index (χ0n) is 14.0. The molecule has 0 aliphatic heterocycles. The van der Waals surface area contributed by atoms with Crippen LogP contribution in [-0.2, 0) is 4.79 Å². The molecule has 3 aromatic rings. The summed E-state index contributed by atoms with van der Waals surface area (Å²) in [5, 5.41) is 11.5. The predicted octanol–water partition coefficient (Wildman–Crippen LogP) is 2.99. The van der Waals surface area contributed by atoms with E-state index in [1.165, 1.54) is 11.8 Å². The Balaban J connectivity index is 1.64. The number of hydrogen-bond donors (Lipinski definition) is 1. The first kappa shape index (κ1) is 17.6. The minimum absolute atomic E-state index is 0.145. The van der Waals surface area contributed by atoms with Crippen molar-refractivity contribution in [2.24, 2.45) is 0 Å². The molecule has 7 heteroatoms. The van der Waals surface area contributed by atoms with Crippen LogP contribution in [0.1, 0.15) is 5.56 Å². The number of hydrogen-bond acceptors (Lipinski definition) is 5. The molecule has 130 valence electrons. The number of benzene rings is 2. The van der Waals surface area contributed by atoms with Gasteiger partial charge in [0.15, 0.2) is 5.16 Å². The molecule has 0 atom stereocenters. The first-order valence-electron chi connectivity index (χ1n) is 7.73. The number of amides is 1. The van der Waals surface area contributed by atoms with Gasteiger partial charge in [0.1, 0.15) is 12.1 Å². The third-order valence-corrected chi connectivity index (χ3v) is 4.46. The van der Waals surface area contributed by atoms with Crippen LogP contribution in [0.2, 0.25) is 0 Å². The van der Waals surface area contributed by atoms with Gasteiger partial charge in [-0.05, 0) is 42.5 Å². The molecule has 0 saturated carbocycles. The van der Waals surface area contributed by atoms with Crippen molar-refractivity contribution >= 4 is 23.4 Å². The summed E-state index contributed by atoms with van der Waals surface area (Å²) < 4.78 is 6.97. The number of carbonyl (C=O) groups is 1. The third-order valence-electron chi connectivity index (χ3n) is 3.51. The van der Waals surface area contributed by atoms with Crippen LogP contribution in [0.5, 0.6) is 5.75 Å². The fourth-order valence-electron chi connectivity index (χ4n) is 2.26. The van der Waals surface area contributed by atoms with Crippen molar-refractivity contribution in [2.45, 2.75) is 5.16 Å². The van der Waals surface area contributed by atoms with E-state index in [2.05, 4.69) is 21.4 Å². The van der Waals surface area contributed by atoms with E-state index >= 15 is 0 Å². The number of methoxy groups -OCH3 is 1. The Morgan fingerprint density at radius 3 is 2.85 bits per heavy atom. The van der Waals surface area contributed by atoms with Gasteiger partial charge in [-0.2, -0.15) is 0 Å². The fourth-order valence-corrected chi connectivity index (χ4v) is 2.99. The summed E-state index contributed by atoms with van der Waals surface area (Å²) >= 11 is 1.30. The SMILES string of the molecule is C#Cc1cccc(NC(=O)CSc2nncn2-c2ccc(OC)cc2)c1. The second-order valence-corrected chi connectivity index (χ2v) is 6.19. The quantitative estimate of drug-likeness (QED) is 0.538. The minimum atomic E-state index is -0.145. The summed E-state index contributed by atoms with van der Waals surface area (Å²) in [4.78, 5) is 12.2. The summed E-state index contributed by atoms with van der Waals surface area (Å²) in [5.41, 5.74) is 2.28. The van der Waals surface area contributed by atoms with Gasteiger partial charge in [-0.15, -0.1) is 16.6 Å². The number of aromatic nitrogens is 3. The van der Waals surface area contributed by atoms with Gasteiger partial charge in [0.05, 0.1) is 12.9 Å². The Hall–Kier alpha value is -3.24. The largest absolute Gasteiger partial charge is 0.497 e. The molecule has 0 bridgehead atoms. The van der Waals surface area contributed by atoms with Gasteiger partial charge >= 0.3 is 0 Å². The van der Waals surface area contributed by atoms with E-state index in [-0.39, 0.29) is 11.7 Å². The first-order valence-corrected chi connectivity index (χ1v) is 8.72. The van der Waals surface area contributed by atoms with Crippen LogP contribution in [0, 0.1) is 12.3 Å². The lowest BCUT2D eigenvalue weighted by molar-refractivity contribution is -0.113. The van der Waals surface area contributed by atoms with E-state index in [0.717, 1.165) is 17.0 Å². The predicted molar refractivity (Wildman–Crippen MR) is 102 cm³/mol. The molecule has 6 nitrogen and oxygen atoms in total. The van der Waals surface area contributed by atoms with Crippen LogP contribution in [0.25, 0.3) is 5.69 Å². The van der Waals surface area contributed by atoms with Gasteiger partial charge in [-0.1, -0.05) is 23.7 Å². The van der Waals surface area contributed by atoms with Crippen molar-refractivity contribution in [1.82, 2.24) is 14.8 Å². The van der Waals surface area contributed by atoms with Crippen LogP contribution in [-0.4, -0.2) is 33.5 Å². The van der Waals surface area contributed by atoms with E-state index in [9.17, 15) is 4.79 Å². The van der Waals surface area contributed by atoms with Gasteiger partial charge in [-0.3, -0.25) is 9.36 Å². The first-order chi connectivity index (χ1) is 12.7. The molecule has 0 radical (unpaired) electrons. The Kier molecular flexibility index (Phi) is 5.56. The Morgan fingerprint density at radius 2 is 2.12 bits per heavy atom. The normalized spacial score (nSPS) is 10.2. The number of nitrogens with zero attached hydrogens (tertiary/aromatic N) is 3. The number of rotatable bonds is 6. The van der Waals surface area contributed by atoms with Gasteiger partial charge < -0.3 is 10.1 Å². The van der Waals surface area contributed by atoms with E-state index in [4.69, 9.17) is 11.2 Å². The Morgan fingerprint density at radius 1 is 1.31 bits per heavy atom. The lowest BCUT2D eigenvalue weighted by atomic mass is 10.2. The van der Waals surface area contributed by atoms with Crippen molar-refractivity contribution in [2.75, 3.05) is 18.2 Å². The highest BCUT2D eigenvalue weighted by atomic mass is 32.2. The minimum Gasteiger partial charge on any atom is -0.497 e. The highest BCUT2D eigenvalue weighted by molar-refractivity contribution is 7.99. The molecule has 1 aromatic heterocycles. The number of thioether (sulfide) groups is 1. The lowest BCUT2D eigenvalue weighted by Crippen LogP contribution is -2.14. The van der Waals surface area contributed by atoms with Gasteiger partial charge in [0, 0.05) is 16.9 Å². The van der Waals surface area contributed by atoms with E-state index in [1.807, 2.05) is 34.9 Å². The van der Waals surface area contributed by atoms with Crippen LogP contribution in [0.4, 0.5) is 5.69 Å². The molecule has 0 saturated heterocycles. The zero-order valence-corrected chi connectivity index (χ0v) is 14.9. The van der Waals surface area contributed by atoms with Crippen LogP contribution in [0.3, 0.4) is 0 Å². The van der Waals surface area contributed by atoms with E-state index in [0.29, 0.717) is 10.8 Å². The van der Waals surface area contributed by atoms with E-state index < -0.39 is 0 Å². The van der Waals surface area contributed by atoms with Crippen molar-refractivity contribution in [3.8, 4) is 23.8 Å². The third kappa shape index (κ3) is 4.23. The Bertz CT molecular complexity index is 945. The number of carbonyl (C=O) groups excluding carboxylic acids is 1. The second kappa shape index (κ2) is 8.23. The molecule has 2 aromatic carbocycles. The van der Waals surface area contributed by atoms with Gasteiger partial charge in [0.25, 0.3) is 0 Å². The molecule has 3 rings (SSSR count). The summed E-state index contributed by atoms with van der Waals surface area (Å²) in [6.45, 7) is 0. The van der Waals surface area contributed by atoms with E-state index in [1.54, 1.807) is 31.6 Å². The monoisotopic (exact) mass is 364 g/mol. The van der Waals surface area contributed by atoms with Crippen LogP contribution >= 0.6 is 11.8 Å². The summed E-state index contributed by atoms with van der Waals surface area (Å²) in [7, 11) is 1.62. The molecular weight excluding hydrogens is 348 g/mol. The van der Waals surface area contributed by atoms with Crippen LogP contribution in [0.15, 0.2) is 60.0 Å². The summed E-state index contributed by atoms with van der Waals surface area (Å²) in [6.07, 6.45) is 6.98. The summed E-state index contributed by atoms with van der Waals surface area (Å²) in [5.74, 6) is 3.37. The van der Waals surface area contributed by atoms with Gasteiger partial charge in [-0.25, -0.2) is 0 Å². The smallest absolute Gasteiger partial charge is 0.234 e. The molecular formula is C19H16N4O2S. The Labute approximate surface area is 155 Å². The fraction of sp³-hybridized carbons (Fsp3) is 0.105. The average molecular weight is 364 g/mol. The van der Waals surface area contributed by atoms with Gasteiger partial charge in [0.2, 0.25) is 5.91 Å². The molecule has 0 fully saturated rings. The van der Waals surface area contributed by atoms with Crippen molar-refractivity contribution in [3.63, 3.8) is 0 Å². The summed E-state index contributed by atoms with van der Waals surface area (Å²) in [6, 6.07) is 14.7. The molecule has 0 spiro atoms. The van der Waals surface area contributed by atoms with Crippen molar-refractivity contribution < 1.29 is 9.53 Å². The average Bonchev–Trinajstić information content (AvgIpc) is 3.15. The number of terminal acetylenes is 1.